The van der Waals surface area contributed by atoms with Crippen molar-refractivity contribution in [3.8, 4) is 22.3 Å². The maximum absolute atomic E-state index is 4.30. The van der Waals surface area contributed by atoms with Crippen LogP contribution in [0, 0.1) is 6.92 Å². The van der Waals surface area contributed by atoms with Crippen LogP contribution in [0.4, 0.5) is 5.69 Å². The molecule has 0 bridgehead atoms. The van der Waals surface area contributed by atoms with Crippen molar-refractivity contribution in [1.82, 2.24) is 0 Å². The molecule has 1 aliphatic rings. The lowest BCUT2D eigenvalue weighted by Gasteiger charge is -2.22. The fourth-order valence-electron chi connectivity index (χ4n) is 6.78. The number of hydrogen-bond acceptors (Lipinski definition) is 2. The summed E-state index contributed by atoms with van der Waals surface area (Å²) in [5.74, 6) is 0. The Hall–Kier alpha value is -5.86. The first kappa shape index (κ1) is 34.0. The first-order chi connectivity index (χ1) is 24.3. The number of nitrogens with zero attached hydrogens (tertiary/aromatic N) is 2. The van der Waals surface area contributed by atoms with Gasteiger partial charge in [0, 0.05) is 11.0 Å². The van der Waals surface area contributed by atoms with Gasteiger partial charge in [-0.05, 0) is 118 Å². The summed E-state index contributed by atoms with van der Waals surface area (Å²) in [7, 11) is 0. The number of aliphatic imine (C=N–C) groups is 2. The minimum atomic E-state index is -0.0565. The van der Waals surface area contributed by atoms with Gasteiger partial charge in [0.2, 0.25) is 0 Å². The van der Waals surface area contributed by atoms with E-state index in [1.165, 1.54) is 60.8 Å². The topological polar surface area (TPSA) is 24.7 Å². The van der Waals surface area contributed by atoms with Crippen molar-refractivity contribution in [2.45, 2.75) is 39.0 Å². The SMILES string of the molecule is C=CCc1ccc(-c2ccc3c(c2)C(C)(C)c2cc(C/C=C\C=C(/N=C)c4ccc5ccccc5c4)ccc2-3)cc1.C=Nc1ccccc1C. The van der Waals surface area contributed by atoms with Crippen LogP contribution in [0.2, 0.25) is 0 Å². The maximum atomic E-state index is 4.30. The maximum Gasteiger partial charge on any atom is 0.0694 e. The van der Waals surface area contributed by atoms with Crippen LogP contribution in [0.1, 0.15) is 47.2 Å². The predicted octanol–water partition coefficient (Wildman–Crippen LogP) is 12.7. The summed E-state index contributed by atoms with van der Waals surface area (Å²) in [5, 5.41) is 2.44. The molecule has 0 aliphatic heterocycles. The van der Waals surface area contributed by atoms with E-state index < -0.39 is 0 Å². The molecule has 7 rings (SSSR count). The molecular weight excluding hydrogens is 605 g/mol. The van der Waals surface area contributed by atoms with Gasteiger partial charge in [-0.2, -0.15) is 0 Å². The van der Waals surface area contributed by atoms with Gasteiger partial charge in [-0.3, -0.25) is 9.98 Å². The first-order valence-electron chi connectivity index (χ1n) is 17.2. The van der Waals surface area contributed by atoms with Gasteiger partial charge in [-0.25, -0.2) is 0 Å². The summed E-state index contributed by atoms with van der Waals surface area (Å²) < 4.78 is 0. The van der Waals surface area contributed by atoms with Crippen molar-refractivity contribution in [2.24, 2.45) is 9.98 Å². The molecule has 0 unspecified atom stereocenters. The molecule has 246 valence electrons. The van der Waals surface area contributed by atoms with Crippen molar-refractivity contribution in [3.63, 3.8) is 0 Å². The van der Waals surface area contributed by atoms with E-state index in [2.05, 4.69) is 165 Å². The van der Waals surface area contributed by atoms with Crippen LogP contribution in [-0.4, -0.2) is 13.4 Å². The molecule has 0 spiro atoms. The Morgan fingerprint density at radius 3 is 2.02 bits per heavy atom. The van der Waals surface area contributed by atoms with E-state index in [0.29, 0.717) is 0 Å². The molecule has 0 saturated heterocycles. The van der Waals surface area contributed by atoms with Crippen LogP contribution < -0.4 is 0 Å². The van der Waals surface area contributed by atoms with E-state index in [1.807, 2.05) is 37.3 Å². The summed E-state index contributed by atoms with van der Waals surface area (Å²) >= 11 is 0. The quantitative estimate of drug-likeness (QED) is 0.0847. The number of para-hydroxylation sites is 1. The zero-order valence-corrected chi connectivity index (χ0v) is 29.4. The smallest absolute Gasteiger partial charge is 0.0694 e. The fourth-order valence-corrected chi connectivity index (χ4v) is 6.78. The Labute approximate surface area is 297 Å². The monoisotopic (exact) mass is 648 g/mol. The molecule has 2 nitrogen and oxygen atoms in total. The molecule has 1 aliphatic carbocycles. The molecule has 6 aromatic carbocycles. The predicted molar refractivity (Wildman–Crippen MR) is 218 cm³/mol. The van der Waals surface area contributed by atoms with Gasteiger partial charge in [0.15, 0.2) is 0 Å². The minimum Gasteiger partial charge on any atom is -0.264 e. The van der Waals surface area contributed by atoms with Crippen LogP contribution >= 0.6 is 0 Å². The molecule has 0 fully saturated rings. The Bertz CT molecular complexity index is 2250. The normalized spacial score (nSPS) is 12.9. The molecule has 0 atom stereocenters. The molecule has 0 heterocycles. The molecule has 0 amide bonds. The van der Waals surface area contributed by atoms with Gasteiger partial charge >= 0.3 is 0 Å². The third kappa shape index (κ3) is 7.26. The Balaban J connectivity index is 0.000000419. The lowest BCUT2D eigenvalue weighted by molar-refractivity contribution is 0.659. The first-order valence-corrected chi connectivity index (χ1v) is 17.2. The van der Waals surface area contributed by atoms with Gasteiger partial charge in [0.05, 0.1) is 11.4 Å². The Kier molecular flexibility index (Phi) is 10.3. The van der Waals surface area contributed by atoms with Gasteiger partial charge in [-0.1, -0.05) is 141 Å². The van der Waals surface area contributed by atoms with E-state index in [4.69, 9.17) is 0 Å². The molecule has 50 heavy (non-hydrogen) atoms. The minimum absolute atomic E-state index is 0.0565. The van der Waals surface area contributed by atoms with E-state index in [1.54, 1.807) is 0 Å². The second kappa shape index (κ2) is 15.1. The molecule has 6 aromatic rings. The average Bonchev–Trinajstić information content (AvgIpc) is 3.37. The highest BCUT2D eigenvalue weighted by Gasteiger charge is 2.35. The molecular formula is C48H44N2. The van der Waals surface area contributed by atoms with Gasteiger partial charge in [-0.15, -0.1) is 6.58 Å². The highest BCUT2D eigenvalue weighted by molar-refractivity contribution is 5.87. The standard InChI is InChI=1S/C40H35N.C8H9N/c1-5-10-28-15-18-31(19-16-28)33-22-24-36-35-23-17-29(25-37(35)40(2,3)38(36)27-33)11-6-9-14-39(41-4)34-21-20-30-12-7-8-13-32(30)26-34;1-7-5-3-4-6-8(7)9-2/h5-9,12-27H,1,4,10-11H2,2-3H3;3-6H,2H2,1H3/b9-6-,39-14-;. The number of fused-ring (bicyclic) bond motifs is 4. The lowest BCUT2D eigenvalue weighted by Crippen LogP contribution is -2.15. The van der Waals surface area contributed by atoms with Crippen LogP contribution in [-0.2, 0) is 18.3 Å². The van der Waals surface area contributed by atoms with Crippen LogP contribution in [0.3, 0.4) is 0 Å². The van der Waals surface area contributed by atoms with E-state index in [0.717, 1.165) is 29.8 Å². The van der Waals surface area contributed by atoms with Crippen LogP contribution in [0.5, 0.6) is 0 Å². The molecule has 0 N–H and O–H groups in total. The highest BCUT2D eigenvalue weighted by atomic mass is 14.7. The second-order valence-corrected chi connectivity index (χ2v) is 13.3. The van der Waals surface area contributed by atoms with Crippen molar-refractivity contribution in [1.29, 1.82) is 0 Å². The van der Waals surface area contributed by atoms with Crippen molar-refractivity contribution in [2.75, 3.05) is 0 Å². The van der Waals surface area contributed by atoms with Gasteiger partial charge in [0.25, 0.3) is 0 Å². The highest BCUT2D eigenvalue weighted by Crippen LogP contribution is 2.50. The molecule has 0 radical (unpaired) electrons. The van der Waals surface area contributed by atoms with E-state index in [-0.39, 0.29) is 5.41 Å². The van der Waals surface area contributed by atoms with E-state index in [9.17, 15) is 0 Å². The zero-order chi connectivity index (χ0) is 35.1. The van der Waals surface area contributed by atoms with Gasteiger partial charge in [0.1, 0.15) is 0 Å². The fraction of sp³-hybridized carbons (Fsp3) is 0.125. The summed E-state index contributed by atoms with van der Waals surface area (Å²) in [6.07, 6.45) is 10.1. The second-order valence-electron chi connectivity index (χ2n) is 13.3. The summed E-state index contributed by atoms with van der Waals surface area (Å²) in [5.41, 5.74) is 14.7. The number of aryl methyl sites for hydroxylation is 1. The molecule has 0 aromatic heterocycles. The molecule has 2 heteroatoms. The summed E-state index contributed by atoms with van der Waals surface area (Å²) in [6.45, 7) is 17.8. The third-order valence-electron chi connectivity index (χ3n) is 9.65. The third-order valence-corrected chi connectivity index (χ3v) is 9.65. The lowest BCUT2D eigenvalue weighted by atomic mass is 9.81. The van der Waals surface area contributed by atoms with Crippen molar-refractivity contribution in [3.05, 3.63) is 192 Å². The number of rotatable bonds is 9. The number of allylic oxidation sites excluding steroid dienone is 4. The zero-order valence-electron chi connectivity index (χ0n) is 29.4. The summed E-state index contributed by atoms with van der Waals surface area (Å²) in [6, 6.07) is 45.5. The van der Waals surface area contributed by atoms with Crippen molar-refractivity contribution >= 4 is 35.6 Å². The Morgan fingerprint density at radius 1 is 0.660 bits per heavy atom. The summed E-state index contributed by atoms with van der Waals surface area (Å²) in [4.78, 5) is 8.12. The van der Waals surface area contributed by atoms with Crippen molar-refractivity contribution < 1.29 is 0 Å². The number of hydrogen-bond donors (Lipinski definition) is 0. The Morgan fingerprint density at radius 2 is 1.32 bits per heavy atom. The largest absolute Gasteiger partial charge is 0.264 e. The van der Waals surface area contributed by atoms with Gasteiger partial charge < -0.3 is 0 Å². The molecule has 0 saturated carbocycles. The average molecular weight is 649 g/mol. The van der Waals surface area contributed by atoms with Crippen LogP contribution in [0.15, 0.2) is 168 Å². The number of benzene rings is 6. The van der Waals surface area contributed by atoms with Crippen LogP contribution in [0.25, 0.3) is 38.7 Å². The van der Waals surface area contributed by atoms with E-state index >= 15 is 0 Å².